The highest BCUT2D eigenvalue weighted by Crippen LogP contribution is 2.18. The van der Waals surface area contributed by atoms with Crippen LogP contribution in [0.3, 0.4) is 0 Å². The molecule has 1 saturated heterocycles. The summed E-state index contributed by atoms with van der Waals surface area (Å²) >= 11 is 0. The molecule has 0 radical (unpaired) electrons. The molecule has 0 unspecified atom stereocenters. The lowest BCUT2D eigenvalue weighted by atomic mass is 9.95. The van der Waals surface area contributed by atoms with Crippen molar-refractivity contribution in [2.45, 2.75) is 52.0 Å². The van der Waals surface area contributed by atoms with Gasteiger partial charge in [0.2, 0.25) is 11.9 Å². The van der Waals surface area contributed by atoms with Gasteiger partial charge in [0.25, 0.3) is 5.91 Å². The normalized spacial score (nSPS) is 19.0. The third kappa shape index (κ3) is 4.46. The maximum absolute atomic E-state index is 12.6. The van der Waals surface area contributed by atoms with Crippen molar-refractivity contribution in [3.8, 4) is 0 Å². The minimum atomic E-state index is -0.110. The highest BCUT2D eigenvalue weighted by Gasteiger charge is 2.23. The fraction of sp³-hybridized carbons (Fsp3) is 0.667. The number of nitrogens with one attached hydrogen (secondary N) is 1. The summed E-state index contributed by atoms with van der Waals surface area (Å²) in [5.74, 6) is 0.565. The van der Waals surface area contributed by atoms with E-state index >= 15 is 0 Å². The SMILES string of the molecule is CC(=O)N1CCN(c2nc(C)cc(C(=O)NC3CCCCC3)n2)CC1. The molecule has 1 N–H and O–H groups in total. The van der Waals surface area contributed by atoms with Crippen molar-refractivity contribution < 1.29 is 9.59 Å². The molecule has 1 aliphatic heterocycles. The number of piperazine rings is 1. The molecular formula is C18H27N5O2. The Balaban J connectivity index is 1.68. The third-order valence-electron chi connectivity index (χ3n) is 5.02. The molecule has 7 heteroatoms. The summed E-state index contributed by atoms with van der Waals surface area (Å²) in [6.07, 6.45) is 5.72. The van der Waals surface area contributed by atoms with Gasteiger partial charge in [0.15, 0.2) is 0 Å². The van der Waals surface area contributed by atoms with Crippen LogP contribution in [-0.2, 0) is 4.79 Å². The summed E-state index contributed by atoms with van der Waals surface area (Å²) in [6, 6.07) is 2.01. The van der Waals surface area contributed by atoms with Crippen LogP contribution in [0, 0.1) is 6.92 Å². The number of anilines is 1. The number of nitrogens with zero attached hydrogens (tertiary/aromatic N) is 4. The van der Waals surface area contributed by atoms with Crippen LogP contribution in [0.4, 0.5) is 5.95 Å². The first-order valence-electron chi connectivity index (χ1n) is 9.20. The minimum Gasteiger partial charge on any atom is -0.348 e. The zero-order valence-electron chi connectivity index (χ0n) is 15.1. The molecule has 0 aromatic carbocycles. The van der Waals surface area contributed by atoms with Crippen LogP contribution in [0.15, 0.2) is 6.07 Å². The predicted octanol–water partition coefficient (Wildman–Crippen LogP) is 1.52. The Morgan fingerprint density at radius 3 is 2.40 bits per heavy atom. The van der Waals surface area contributed by atoms with E-state index in [-0.39, 0.29) is 17.9 Å². The van der Waals surface area contributed by atoms with Crippen molar-refractivity contribution in [1.82, 2.24) is 20.2 Å². The molecule has 2 heterocycles. The summed E-state index contributed by atoms with van der Waals surface area (Å²) in [6.45, 7) is 6.17. The molecule has 3 rings (SSSR count). The monoisotopic (exact) mass is 345 g/mol. The highest BCUT2D eigenvalue weighted by molar-refractivity contribution is 5.92. The number of carbonyl (C=O) groups is 2. The maximum atomic E-state index is 12.6. The molecule has 2 fully saturated rings. The van der Waals surface area contributed by atoms with Crippen molar-refractivity contribution in [2.75, 3.05) is 31.1 Å². The molecule has 0 spiro atoms. The summed E-state index contributed by atoms with van der Waals surface area (Å²) in [5.41, 5.74) is 1.22. The van der Waals surface area contributed by atoms with Gasteiger partial charge in [0.05, 0.1) is 0 Å². The van der Waals surface area contributed by atoms with Gasteiger partial charge >= 0.3 is 0 Å². The average Bonchev–Trinajstić information content (AvgIpc) is 2.62. The molecule has 0 atom stereocenters. The number of aromatic nitrogens is 2. The van der Waals surface area contributed by atoms with E-state index in [4.69, 9.17) is 0 Å². The number of hydrogen-bond donors (Lipinski definition) is 1. The largest absolute Gasteiger partial charge is 0.348 e. The Bertz CT molecular complexity index is 634. The summed E-state index contributed by atoms with van der Waals surface area (Å²) in [7, 11) is 0. The fourth-order valence-electron chi connectivity index (χ4n) is 3.54. The Morgan fingerprint density at radius 1 is 1.08 bits per heavy atom. The van der Waals surface area contributed by atoms with Crippen LogP contribution in [0.5, 0.6) is 0 Å². The van der Waals surface area contributed by atoms with Crippen LogP contribution in [0.1, 0.15) is 55.2 Å². The van der Waals surface area contributed by atoms with Gasteiger partial charge in [-0.2, -0.15) is 0 Å². The van der Waals surface area contributed by atoms with Crippen LogP contribution in [-0.4, -0.2) is 58.9 Å². The molecule has 2 amide bonds. The van der Waals surface area contributed by atoms with E-state index in [1.807, 2.05) is 16.7 Å². The number of aryl methyl sites for hydroxylation is 1. The molecule has 1 aliphatic carbocycles. The standard InChI is InChI=1S/C18H27N5O2/c1-13-12-16(17(25)20-15-6-4-3-5-7-15)21-18(19-13)23-10-8-22(9-11-23)14(2)24/h12,15H,3-11H2,1-2H3,(H,20,25). The van der Waals surface area contributed by atoms with Gasteiger partial charge in [0, 0.05) is 44.8 Å². The lowest BCUT2D eigenvalue weighted by Crippen LogP contribution is -2.48. The predicted molar refractivity (Wildman–Crippen MR) is 95.6 cm³/mol. The van der Waals surface area contributed by atoms with E-state index in [0.717, 1.165) is 18.5 Å². The first kappa shape index (κ1) is 17.6. The second-order valence-electron chi connectivity index (χ2n) is 7.00. The number of hydrogen-bond acceptors (Lipinski definition) is 5. The van der Waals surface area contributed by atoms with Gasteiger partial charge in [-0.05, 0) is 25.8 Å². The van der Waals surface area contributed by atoms with Crippen LogP contribution in [0.25, 0.3) is 0 Å². The highest BCUT2D eigenvalue weighted by atomic mass is 16.2. The quantitative estimate of drug-likeness (QED) is 0.898. The van der Waals surface area contributed by atoms with E-state index < -0.39 is 0 Å². The van der Waals surface area contributed by atoms with E-state index in [9.17, 15) is 9.59 Å². The molecule has 25 heavy (non-hydrogen) atoms. The zero-order chi connectivity index (χ0) is 17.8. The second kappa shape index (κ2) is 7.80. The molecule has 0 bridgehead atoms. The average molecular weight is 345 g/mol. The molecule has 7 nitrogen and oxygen atoms in total. The third-order valence-corrected chi connectivity index (χ3v) is 5.02. The number of amides is 2. The first-order valence-corrected chi connectivity index (χ1v) is 9.20. The van der Waals surface area contributed by atoms with E-state index in [2.05, 4.69) is 15.3 Å². The lowest BCUT2D eigenvalue weighted by molar-refractivity contribution is -0.129. The molecule has 136 valence electrons. The van der Waals surface area contributed by atoms with Gasteiger partial charge < -0.3 is 15.1 Å². The summed E-state index contributed by atoms with van der Waals surface area (Å²) in [4.78, 5) is 36.9. The Kier molecular flexibility index (Phi) is 5.50. The van der Waals surface area contributed by atoms with Crippen molar-refractivity contribution >= 4 is 17.8 Å². The van der Waals surface area contributed by atoms with Gasteiger partial charge in [0.1, 0.15) is 5.69 Å². The summed E-state index contributed by atoms with van der Waals surface area (Å²) in [5, 5.41) is 3.11. The van der Waals surface area contributed by atoms with Gasteiger partial charge in [-0.1, -0.05) is 19.3 Å². The molecule has 1 aromatic heterocycles. The Morgan fingerprint density at radius 2 is 1.76 bits per heavy atom. The van der Waals surface area contributed by atoms with E-state index in [1.165, 1.54) is 19.3 Å². The Hall–Kier alpha value is -2.18. The minimum absolute atomic E-state index is 0.0948. The second-order valence-corrected chi connectivity index (χ2v) is 7.00. The fourth-order valence-corrected chi connectivity index (χ4v) is 3.54. The topological polar surface area (TPSA) is 78.4 Å². The molecule has 2 aliphatic rings. The Labute approximate surface area is 148 Å². The maximum Gasteiger partial charge on any atom is 0.270 e. The van der Waals surface area contributed by atoms with Crippen molar-refractivity contribution in [1.29, 1.82) is 0 Å². The van der Waals surface area contributed by atoms with Crippen molar-refractivity contribution in [2.24, 2.45) is 0 Å². The van der Waals surface area contributed by atoms with Crippen LogP contribution < -0.4 is 10.2 Å². The summed E-state index contributed by atoms with van der Waals surface area (Å²) < 4.78 is 0. The van der Waals surface area contributed by atoms with Crippen molar-refractivity contribution in [3.63, 3.8) is 0 Å². The van der Waals surface area contributed by atoms with E-state index in [1.54, 1.807) is 13.0 Å². The van der Waals surface area contributed by atoms with Gasteiger partial charge in [-0.25, -0.2) is 9.97 Å². The van der Waals surface area contributed by atoms with Crippen molar-refractivity contribution in [3.05, 3.63) is 17.5 Å². The van der Waals surface area contributed by atoms with Crippen LogP contribution in [0.2, 0.25) is 0 Å². The first-order chi connectivity index (χ1) is 12.0. The molecule has 1 saturated carbocycles. The number of carbonyl (C=O) groups excluding carboxylic acids is 2. The molecular weight excluding hydrogens is 318 g/mol. The smallest absolute Gasteiger partial charge is 0.270 e. The van der Waals surface area contributed by atoms with Gasteiger partial charge in [-0.3, -0.25) is 9.59 Å². The van der Waals surface area contributed by atoms with Crippen LogP contribution >= 0.6 is 0 Å². The lowest BCUT2D eigenvalue weighted by Gasteiger charge is -2.34. The number of rotatable bonds is 3. The van der Waals surface area contributed by atoms with Gasteiger partial charge in [-0.15, -0.1) is 0 Å². The molecule has 1 aromatic rings. The zero-order valence-corrected chi connectivity index (χ0v) is 15.1. The van der Waals surface area contributed by atoms with E-state index in [0.29, 0.717) is 37.8 Å².